The third kappa shape index (κ3) is 3.89. The molecule has 0 saturated carbocycles. The van der Waals surface area contributed by atoms with Crippen LogP contribution in [0.3, 0.4) is 0 Å². The number of nitro benzene ring substituents is 1. The number of nitro groups is 1. The highest BCUT2D eigenvalue weighted by Crippen LogP contribution is 2.26. The van der Waals surface area contributed by atoms with Crippen molar-refractivity contribution in [3.05, 3.63) is 80.3 Å². The first-order valence-corrected chi connectivity index (χ1v) is 8.90. The van der Waals surface area contributed by atoms with Crippen molar-refractivity contribution in [2.45, 2.75) is 6.54 Å². The minimum atomic E-state index is -0.492. The molecule has 1 heterocycles. The zero-order valence-corrected chi connectivity index (χ0v) is 15.3. The Kier molecular flexibility index (Phi) is 5.29. The SMILES string of the molecule is CN(Cc1cc([N+](=O)[O-])ccc1Cl)C(=O)c1csc(-c2ccccc2)n1. The number of carbonyl (C=O) groups is 1. The van der Waals surface area contributed by atoms with Gasteiger partial charge in [0.05, 0.1) is 4.92 Å². The number of aromatic nitrogens is 1. The standard InChI is InChI=1S/C18H14ClN3O3S/c1-21(10-13-9-14(22(24)25)7-8-15(13)19)18(23)16-11-26-17(20-16)12-5-3-2-4-6-12/h2-9,11H,10H2,1H3. The highest BCUT2D eigenvalue weighted by atomic mass is 35.5. The Bertz CT molecular complexity index is 959. The molecule has 3 aromatic rings. The maximum Gasteiger partial charge on any atom is 0.273 e. The van der Waals surface area contributed by atoms with Crippen LogP contribution in [0.15, 0.2) is 53.9 Å². The smallest absolute Gasteiger partial charge is 0.273 e. The fraction of sp³-hybridized carbons (Fsp3) is 0.111. The highest BCUT2D eigenvalue weighted by Gasteiger charge is 2.18. The third-order valence-corrected chi connectivity index (χ3v) is 5.00. The van der Waals surface area contributed by atoms with E-state index in [2.05, 4.69) is 4.98 Å². The first kappa shape index (κ1) is 18.0. The average molecular weight is 388 g/mol. The molecule has 0 aliphatic heterocycles. The molecule has 0 radical (unpaired) electrons. The molecular weight excluding hydrogens is 374 g/mol. The summed E-state index contributed by atoms with van der Waals surface area (Å²) in [6.45, 7) is 0.150. The van der Waals surface area contributed by atoms with Gasteiger partial charge in [0.25, 0.3) is 11.6 Å². The first-order chi connectivity index (χ1) is 12.5. The summed E-state index contributed by atoms with van der Waals surface area (Å²) in [6, 6.07) is 13.8. The van der Waals surface area contributed by atoms with Gasteiger partial charge < -0.3 is 4.90 Å². The number of thiazole rings is 1. The highest BCUT2D eigenvalue weighted by molar-refractivity contribution is 7.13. The molecule has 0 unspecified atom stereocenters. The van der Waals surface area contributed by atoms with Crippen LogP contribution in [0.25, 0.3) is 10.6 Å². The average Bonchev–Trinajstić information content (AvgIpc) is 3.13. The Morgan fingerprint density at radius 2 is 2.00 bits per heavy atom. The molecule has 8 heteroatoms. The van der Waals surface area contributed by atoms with E-state index in [1.807, 2.05) is 30.3 Å². The van der Waals surface area contributed by atoms with Gasteiger partial charge in [0.2, 0.25) is 0 Å². The van der Waals surface area contributed by atoms with E-state index in [1.54, 1.807) is 12.4 Å². The van der Waals surface area contributed by atoms with Gasteiger partial charge in [-0.3, -0.25) is 14.9 Å². The molecular formula is C18H14ClN3O3S. The lowest BCUT2D eigenvalue weighted by Crippen LogP contribution is -2.26. The van der Waals surface area contributed by atoms with E-state index < -0.39 is 4.92 Å². The number of benzene rings is 2. The number of hydrogen-bond acceptors (Lipinski definition) is 5. The van der Waals surface area contributed by atoms with Gasteiger partial charge in [-0.05, 0) is 11.6 Å². The van der Waals surface area contributed by atoms with Crippen molar-refractivity contribution in [2.75, 3.05) is 7.05 Å². The Balaban J connectivity index is 1.78. The number of carbonyl (C=O) groups excluding carboxylic acids is 1. The number of hydrogen-bond donors (Lipinski definition) is 0. The van der Waals surface area contributed by atoms with Crippen LogP contribution < -0.4 is 0 Å². The predicted molar refractivity (Wildman–Crippen MR) is 101 cm³/mol. The molecule has 0 bridgehead atoms. The monoisotopic (exact) mass is 387 g/mol. The lowest BCUT2D eigenvalue weighted by Gasteiger charge is -2.16. The molecule has 0 saturated heterocycles. The van der Waals surface area contributed by atoms with Crippen LogP contribution in [0.4, 0.5) is 5.69 Å². The van der Waals surface area contributed by atoms with Gasteiger partial charge in [0.1, 0.15) is 10.7 Å². The summed E-state index contributed by atoms with van der Waals surface area (Å²) in [5.41, 5.74) is 1.72. The molecule has 0 aliphatic carbocycles. The minimum Gasteiger partial charge on any atom is -0.336 e. The van der Waals surface area contributed by atoms with Gasteiger partial charge in [-0.2, -0.15) is 0 Å². The van der Waals surface area contributed by atoms with Crippen molar-refractivity contribution < 1.29 is 9.72 Å². The number of amides is 1. The Morgan fingerprint density at radius 1 is 1.27 bits per heavy atom. The maximum absolute atomic E-state index is 12.6. The van der Waals surface area contributed by atoms with Gasteiger partial charge >= 0.3 is 0 Å². The third-order valence-electron chi connectivity index (χ3n) is 3.74. The van der Waals surface area contributed by atoms with E-state index in [1.165, 1.54) is 34.4 Å². The van der Waals surface area contributed by atoms with E-state index >= 15 is 0 Å². The number of non-ortho nitro benzene ring substituents is 1. The van der Waals surface area contributed by atoms with Gasteiger partial charge in [0.15, 0.2) is 0 Å². The fourth-order valence-electron chi connectivity index (χ4n) is 2.40. The summed E-state index contributed by atoms with van der Waals surface area (Å²) < 4.78 is 0. The molecule has 2 aromatic carbocycles. The zero-order valence-electron chi connectivity index (χ0n) is 13.8. The molecule has 26 heavy (non-hydrogen) atoms. The summed E-state index contributed by atoms with van der Waals surface area (Å²) in [5, 5.41) is 13.8. The van der Waals surface area contributed by atoms with Crippen LogP contribution in [0.2, 0.25) is 5.02 Å². The second kappa shape index (κ2) is 7.63. The lowest BCUT2D eigenvalue weighted by atomic mass is 10.2. The molecule has 1 aromatic heterocycles. The predicted octanol–water partition coefficient (Wildman–Crippen LogP) is 4.64. The van der Waals surface area contributed by atoms with Crippen LogP contribution >= 0.6 is 22.9 Å². The second-order valence-corrected chi connectivity index (χ2v) is 6.86. The summed E-state index contributed by atoms with van der Waals surface area (Å²) in [6.07, 6.45) is 0. The Hall–Kier alpha value is -2.77. The van der Waals surface area contributed by atoms with Crippen molar-refractivity contribution in [3.8, 4) is 10.6 Å². The van der Waals surface area contributed by atoms with Gasteiger partial charge in [-0.25, -0.2) is 4.98 Å². The van der Waals surface area contributed by atoms with Crippen molar-refractivity contribution in [1.82, 2.24) is 9.88 Å². The topological polar surface area (TPSA) is 76.3 Å². The molecule has 0 spiro atoms. The second-order valence-electron chi connectivity index (χ2n) is 5.60. The maximum atomic E-state index is 12.6. The molecule has 0 fully saturated rings. The van der Waals surface area contributed by atoms with E-state index in [9.17, 15) is 14.9 Å². The molecule has 0 aliphatic rings. The quantitative estimate of drug-likeness (QED) is 0.472. The number of halogens is 1. The molecule has 132 valence electrons. The van der Waals surface area contributed by atoms with E-state index in [0.717, 1.165) is 10.6 Å². The molecule has 6 nitrogen and oxygen atoms in total. The van der Waals surface area contributed by atoms with Gasteiger partial charge in [-0.15, -0.1) is 11.3 Å². The first-order valence-electron chi connectivity index (χ1n) is 7.65. The van der Waals surface area contributed by atoms with E-state index in [0.29, 0.717) is 16.3 Å². The summed E-state index contributed by atoms with van der Waals surface area (Å²) in [7, 11) is 1.61. The van der Waals surface area contributed by atoms with E-state index in [4.69, 9.17) is 11.6 Å². The van der Waals surface area contributed by atoms with Gasteiger partial charge in [0, 0.05) is 41.7 Å². The summed E-state index contributed by atoms with van der Waals surface area (Å²) in [4.78, 5) is 28.9. The molecule has 0 N–H and O–H groups in total. The van der Waals surface area contributed by atoms with Crippen LogP contribution in [0.5, 0.6) is 0 Å². The largest absolute Gasteiger partial charge is 0.336 e. The Morgan fingerprint density at radius 3 is 2.69 bits per heavy atom. The Labute approximate surface area is 158 Å². The van der Waals surface area contributed by atoms with Crippen molar-refractivity contribution in [2.24, 2.45) is 0 Å². The van der Waals surface area contributed by atoms with E-state index in [-0.39, 0.29) is 18.1 Å². The molecule has 0 atom stereocenters. The minimum absolute atomic E-state index is 0.0646. The normalized spacial score (nSPS) is 10.5. The van der Waals surface area contributed by atoms with Crippen LogP contribution in [-0.4, -0.2) is 27.8 Å². The van der Waals surface area contributed by atoms with Crippen molar-refractivity contribution in [3.63, 3.8) is 0 Å². The summed E-state index contributed by atoms with van der Waals surface area (Å²) >= 11 is 7.50. The lowest BCUT2D eigenvalue weighted by molar-refractivity contribution is -0.384. The van der Waals surface area contributed by atoms with Crippen LogP contribution in [-0.2, 0) is 6.54 Å². The van der Waals surface area contributed by atoms with Crippen molar-refractivity contribution >= 4 is 34.5 Å². The van der Waals surface area contributed by atoms with Crippen LogP contribution in [0.1, 0.15) is 16.1 Å². The fourth-order valence-corrected chi connectivity index (χ4v) is 3.38. The zero-order chi connectivity index (χ0) is 18.7. The number of nitrogens with zero attached hydrogens (tertiary/aromatic N) is 3. The van der Waals surface area contributed by atoms with Crippen LogP contribution in [0, 0.1) is 10.1 Å². The van der Waals surface area contributed by atoms with Gasteiger partial charge in [-0.1, -0.05) is 41.9 Å². The molecule has 1 amide bonds. The summed E-state index contributed by atoms with van der Waals surface area (Å²) in [5.74, 6) is -0.272. The number of rotatable bonds is 5. The van der Waals surface area contributed by atoms with Crippen molar-refractivity contribution in [1.29, 1.82) is 0 Å². The molecule has 3 rings (SSSR count).